The topological polar surface area (TPSA) is 52.7 Å². The average molecular weight is 327 g/mol. The lowest BCUT2D eigenvalue weighted by Crippen LogP contribution is -2.59. The molecule has 7 heteroatoms. The first-order valence-corrected chi connectivity index (χ1v) is 9.28. The van der Waals surface area contributed by atoms with E-state index in [1.54, 1.807) is 23.6 Å². The van der Waals surface area contributed by atoms with Crippen molar-refractivity contribution in [3.05, 3.63) is 11.6 Å². The van der Waals surface area contributed by atoms with Crippen LogP contribution in [0.5, 0.6) is 0 Å². The molecule has 1 saturated carbocycles. The molecule has 1 unspecified atom stereocenters. The third-order valence-electron chi connectivity index (χ3n) is 4.10. The highest BCUT2D eigenvalue weighted by molar-refractivity contribution is 8.14. The number of hydrogen-bond donors (Lipinski definition) is 1. The Balaban J connectivity index is 1.50. The summed E-state index contributed by atoms with van der Waals surface area (Å²) in [6, 6.07) is 0.352. The molecule has 5 nitrogen and oxygen atoms in total. The van der Waals surface area contributed by atoms with Gasteiger partial charge in [-0.1, -0.05) is 36.4 Å². The molecule has 1 aliphatic carbocycles. The molecule has 2 aliphatic heterocycles. The van der Waals surface area contributed by atoms with Crippen LogP contribution in [0.25, 0.3) is 0 Å². The first kappa shape index (κ1) is 15.2. The van der Waals surface area contributed by atoms with Crippen LogP contribution >= 0.6 is 23.5 Å². The fraction of sp³-hybridized carbons (Fsp3) is 0.714. The SMILES string of the molecule is CC(=O)SC1CN(C2SC=CN2C(=O)NC2CCCC2)C1. The number of urea groups is 1. The van der Waals surface area contributed by atoms with Crippen molar-refractivity contribution in [3.63, 3.8) is 0 Å². The molecule has 116 valence electrons. The van der Waals surface area contributed by atoms with E-state index in [0.717, 1.165) is 25.9 Å². The Labute approximate surface area is 133 Å². The maximum atomic E-state index is 12.4. The van der Waals surface area contributed by atoms with Gasteiger partial charge in [0.25, 0.3) is 0 Å². The van der Waals surface area contributed by atoms with Crippen LogP contribution in [0.2, 0.25) is 0 Å². The molecule has 3 aliphatic rings. The number of thioether (sulfide) groups is 2. The molecule has 2 fully saturated rings. The van der Waals surface area contributed by atoms with E-state index in [1.165, 1.54) is 24.6 Å². The van der Waals surface area contributed by atoms with Crippen molar-refractivity contribution in [2.24, 2.45) is 0 Å². The second-order valence-corrected chi connectivity index (χ2v) is 8.21. The van der Waals surface area contributed by atoms with E-state index in [1.807, 2.05) is 11.6 Å². The maximum Gasteiger partial charge on any atom is 0.323 e. The molecule has 2 amide bonds. The lowest BCUT2D eigenvalue weighted by atomic mass is 10.2. The maximum absolute atomic E-state index is 12.4. The number of likely N-dealkylation sites (tertiary alicyclic amines) is 1. The fourth-order valence-electron chi connectivity index (χ4n) is 3.02. The van der Waals surface area contributed by atoms with Crippen molar-refractivity contribution in [2.45, 2.75) is 49.4 Å². The van der Waals surface area contributed by atoms with Crippen molar-refractivity contribution in [1.29, 1.82) is 0 Å². The Morgan fingerprint density at radius 1 is 1.29 bits per heavy atom. The summed E-state index contributed by atoms with van der Waals surface area (Å²) in [5, 5.41) is 5.66. The molecule has 0 aromatic carbocycles. The van der Waals surface area contributed by atoms with E-state index in [4.69, 9.17) is 0 Å². The van der Waals surface area contributed by atoms with Gasteiger partial charge in [-0.2, -0.15) is 0 Å². The first-order chi connectivity index (χ1) is 10.1. The minimum Gasteiger partial charge on any atom is -0.335 e. The largest absolute Gasteiger partial charge is 0.335 e. The minimum absolute atomic E-state index is 0.0100. The molecule has 3 rings (SSSR count). The number of hydrogen-bond acceptors (Lipinski definition) is 5. The lowest BCUT2D eigenvalue weighted by Gasteiger charge is -2.44. The van der Waals surface area contributed by atoms with Crippen molar-refractivity contribution in [2.75, 3.05) is 13.1 Å². The third-order valence-corrected chi connectivity index (χ3v) is 6.11. The van der Waals surface area contributed by atoms with E-state index in [-0.39, 0.29) is 16.6 Å². The number of amides is 2. The molecule has 2 heterocycles. The zero-order valence-electron chi connectivity index (χ0n) is 12.2. The van der Waals surface area contributed by atoms with Crippen molar-refractivity contribution in [3.8, 4) is 0 Å². The van der Waals surface area contributed by atoms with Gasteiger partial charge in [-0.05, 0) is 18.2 Å². The number of carbonyl (C=O) groups excluding carboxylic acids is 2. The molecular weight excluding hydrogens is 306 g/mol. The molecule has 0 aromatic heterocycles. The summed E-state index contributed by atoms with van der Waals surface area (Å²) >= 11 is 3.07. The minimum atomic E-state index is 0.0100. The third kappa shape index (κ3) is 3.57. The van der Waals surface area contributed by atoms with Crippen LogP contribution in [0.15, 0.2) is 11.6 Å². The molecular formula is C14H21N3O2S2. The predicted octanol–water partition coefficient (Wildman–Crippen LogP) is 2.41. The van der Waals surface area contributed by atoms with Gasteiger partial charge >= 0.3 is 6.03 Å². The summed E-state index contributed by atoms with van der Waals surface area (Å²) in [5.41, 5.74) is 0.0511. The van der Waals surface area contributed by atoms with Gasteiger partial charge in [-0.25, -0.2) is 4.79 Å². The van der Waals surface area contributed by atoms with Gasteiger partial charge in [0.15, 0.2) is 5.12 Å². The van der Waals surface area contributed by atoms with E-state index in [2.05, 4.69) is 10.2 Å². The zero-order valence-corrected chi connectivity index (χ0v) is 13.8. The number of rotatable bonds is 3. The predicted molar refractivity (Wildman–Crippen MR) is 86.8 cm³/mol. The van der Waals surface area contributed by atoms with E-state index >= 15 is 0 Å². The molecule has 0 spiro atoms. The summed E-state index contributed by atoms with van der Waals surface area (Å²) in [4.78, 5) is 27.5. The van der Waals surface area contributed by atoms with Gasteiger partial charge in [0.2, 0.25) is 0 Å². The van der Waals surface area contributed by atoms with Crippen LogP contribution < -0.4 is 5.32 Å². The molecule has 0 bridgehead atoms. The quantitative estimate of drug-likeness (QED) is 0.863. The Hall–Kier alpha value is -0.660. The molecule has 1 atom stereocenters. The first-order valence-electron chi connectivity index (χ1n) is 7.46. The summed E-state index contributed by atoms with van der Waals surface area (Å²) in [7, 11) is 0. The van der Waals surface area contributed by atoms with Crippen LogP contribution in [-0.4, -0.2) is 50.8 Å². The zero-order chi connectivity index (χ0) is 14.8. The smallest absolute Gasteiger partial charge is 0.323 e. The summed E-state index contributed by atoms with van der Waals surface area (Å²) in [6.45, 7) is 3.36. The average Bonchev–Trinajstić information content (AvgIpc) is 3.03. The van der Waals surface area contributed by atoms with Gasteiger partial charge in [0, 0.05) is 37.5 Å². The van der Waals surface area contributed by atoms with Crippen molar-refractivity contribution < 1.29 is 9.59 Å². The van der Waals surface area contributed by atoms with E-state index in [0.29, 0.717) is 11.3 Å². The van der Waals surface area contributed by atoms with Crippen LogP contribution in [0.1, 0.15) is 32.6 Å². The molecule has 1 saturated heterocycles. The standard InChI is InChI=1S/C14H21N3O2S2/c1-10(18)21-12-8-16(9-12)14-17(6-7-20-14)13(19)15-11-4-2-3-5-11/h6-7,11-12,14H,2-5,8-9H2,1H3,(H,15,19). The van der Waals surface area contributed by atoms with Gasteiger partial charge in [0.1, 0.15) is 5.50 Å². The highest BCUT2D eigenvalue weighted by Crippen LogP contribution is 2.34. The normalized spacial score (nSPS) is 27.1. The second-order valence-electron chi connectivity index (χ2n) is 5.77. The van der Waals surface area contributed by atoms with Gasteiger partial charge < -0.3 is 5.32 Å². The van der Waals surface area contributed by atoms with E-state index < -0.39 is 0 Å². The van der Waals surface area contributed by atoms with Crippen molar-refractivity contribution >= 4 is 34.7 Å². The van der Waals surface area contributed by atoms with Crippen LogP contribution in [0.3, 0.4) is 0 Å². The Bertz CT molecular complexity index is 446. The molecule has 0 radical (unpaired) electrons. The number of carbonyl (C=O) groups is 2. The monoisotopic (exact) mass is 327 g/mol. The van der Waals surface area contributed by atoms with Gasteiger partial charge in [0.05, 0.1) is 0 Å². The van der Waals surface area contributed by atoms with Gasteiger partial charge in [-0.3, -0.25) is 14.6 Å². The Morgan fingerprint density at radius 2 is 2.00 bits per heavy atom. The van der Waals surface area contributed by atoms with Crippen LogP contribution in [0, 0.1) is 0 Å². The summed E-state index contributed by atoms with van der Waals surface area (Å²) in [6.07, 6.45) is 6.50. The highest BCUT2D eigenvalue weighted by Gasteiger charge is 2.39. The number of nitrogens with one attached hydrogen (secondary N) is 1. The molecule has 1 N–H and O–H groups in total. The van der Waals surface area contributed by atoms with Crippen LogP contribution in [-0.2, 0) is 4.79 Å². The molecule has 21 heavy (non-hydrogen) atoms. The summed E-state index contributed by atoms with van der Waals surface area (Å²) < 4.78 is 0. The fourth-order valence-corrected chi connectivity index (χ4v) is 5.00. The summed E-state index contributed by atoms with van der Waals surface area (Å²) in [5.74, 6) is 0. The number of nitrogens with zero attached hydrogens (tertiary/aromatic N) is 2. The van der Waals surface area contributed by atoms with E-state index in [9.17, 15) is 9.59 Å². The lowest BCUT2D eigenvalue weighted by molar-refractivity contribution is -0.109. The van der Waals surface area contributed by atoms with Crippen molar-refractivity contribution in [1.82, 2.24) is 15.1 Å². The van der Waals surface area contributed by atoms with Gasteiger partial charge in [-0.15, -0.1) is 0 Å². The molecule has 0 aromatic rings. The Morgan fingerprint density at radius 3 is 2.67 bits per heavy atom. The van der Waals surface area contributed by atoms with Crippen LogP contribution in [0.4, 0.5) is 4.79 Å². The highest BCUT2D eigenvalue weighted by atomic mass is 32.2. The second kappa shape index (κ2) is 6.62. The Kier molecular flexibility index (Phi) is 4.81.